The first-order valence-corrected chi connectivity index (χ1v) is 7.74. The molecule has 0 spiro atoms. The molecule has 0 aliphatic rings. The van der Waals surface area contributed by atoms with Gasteiger partial charge in [-0.2, -0.15) is 0 Å². The van der Waals surface area contributed by atoms with Crippen molar-refractivity contribution in [2.45, 2.75) is 19.9 Å². The van der Waals surface area contributed by atoms with E-state index in [4.69, 9.17) is 0 Å². The molecular formula is C15H18N4S. The number of hydrogen-bond acceptors (Lipinski definition) is 4. The Labute approximate surface area is 122 Å². The SMILES string of the molecule is CCCNCc1nc(-c2nc3ccccc3n2C)cs1. The first-order valence-electron chi connectivity index (χ1n) is 6.86. The van der Waals surface area contributed by atoms with E-state index in [1.807, 2.05) is 25.2 Å². The number of nitrogens with zero attached hydrogens (tertiary/aromatic N) is 3. The summed E-state index contributed by atoms with van der Waals surface area (Å²) in [5.74, 6) is 0.934. The Hall–Kier alpha value is -1.72. The fourth-order valence-electron chi connectivity index (χ4n) is 2.24. The highest BCUT2D eigenvalue weighted by Crippen LogP contribution is 2.24. The van der Waals surface area contributed by atoms with Crippen molar-refractivity contribution in [1.82, 2.24) is 19.9 Å². The second-order valence-corrected chi connectivity index (χ2v) is 5.73. The lowest BCUT2D eigenvalue weighted by atomic mass is 10.3. The minimum absolute atomic E-state index is 0.836. The summed E-state index contributed by atoms with van der Waals surface area (Å²) in [5.41, 5.74) is 3.12. The van der Waals surface area contributed by atoms with Crippen molar-refractivity contribution in [2.75, 3.05) is 6.54 Å². The second kappa shape index (κ2) is 5.73. The van der Waals surface area contributed by atoms with Crippen LogP contribution in [0.5, 0.6) is 0 Å². The highest BCUT2D eigenvalue weighted by molar-refractivity contribution is 7.09. The summed E-state index contributed by atoms with van der Waals surface area (Å²) < 4.78 is 2.10. The molecule has 4 nitrogen and oxygen atoms in total. The lowest BCUT2D eigenvalue weighted by molar-refractivity contribution is 0.673. The number of rotatable bonds is 5. The van der Waals surface area contributed by atoms with Crippen LogP contribution in [-0.2, 0) is 13.6 Å². The molecule has 0 saturated carbocycles. The normalized spacial score (nSPS) is 11.3. The van der Waals surface area contributed by atoms with Crippen molar-refractivity contribution in [3.8, 4) is 11.5 Å². The molecule has 1 N–H and O–H groups in total. The lowest BCUT2D eigenvalue weighted by Gasteiger charge is -1.99. The number of para-hydroxylation sites is 2. The summed E-state index contributed by atoms with van der Waals surface area (Å²) in [6.07, 6.45) is 1.14. The van der Waals surface area contributed by atoms with E-state index in [9.17, 15) is 0 Å². The van der Waals surface area contributed by atoms with Gasteiger partial charge in [0.05, 0.1) is 11.0 Å². The Bertz CT molecular complexity index is 714. The van der Waals surface area contributed by atoms with Crippen LogP contribution in [-0.4, -0.2) is 21.1 Å². The molecule has 3 aromatic rings. The summed E-state index contributed by atoms with van der Waals surface area (Å²) in [5, 5.41) is 6.58. The fraction of sp³-hybridized carbons (Fsp3) is 0.333. The number of hydrogen-bond donors (Lipinski definition) is 1. The molecule has 0 atom stereocenters. The van der Waals surface area contributed by atoms with E-state index in [0.29, 0.717) is 0 Å². The van der Waals surface area contributed by atoms with Crippen molar-refractivity contribution < 1.29 is 0 Å². The van der Waals surface area contributed by atoms with E-state index in [-0.39, 0.29) is 0 Å². The number of benzene rings is 1. The van der Waals surface area contributed by atoms with Gasteiger partial charge < -0.3 is 9.88 Å². The second-order valence-electron chi connectivity index (χ2n) is 4.79. The zero-order valence-corrected chi connectivity index (χ0v) is 12.6. The van der Waals surface area contributed by atoms with Gasteiger partial charge in [0.2, 0.25) is 0 Å². The number of nitrogens with one attached hydrogen (secondary N) is 1. The quantitative estimate of drug-likeness (QED) is 0.732. The van der Waals surface area contributed by atoms with Crippen LogP contribution in [0.15, 0.2) is 29.6 Å². The van der Waals surface area contributed by atoms with Gasteiger partial charge in [0.1, 0.15) is 10.7 Å². The van der Waals surface area contributed by atoms with E-state index in [1.54, 1.807) is 11.3 Å². The third-order valence-corrected chi connectivity index (χ3v) is 4.12. The molecule has 0 fully saturated rings. The van der Waals surface area contributed by atoms with Gasteiger partial charge >= 0.3 is 0 Å². The highest BCUT2D eigenvalue weighted by atomic mass is 32.1. The Kier molecular flexibility index (Phi) is 3.80. The molecule has 0 unspecified atom stereocenters. The number of aromatic nitrogens is 3. The molecule has 0 amide bonds. The summed E-state index contributed by atoms with van der Waals surface area (Å²) in [4.78, 5) is 9.36. The van der Waals surface area contributed by atoms with Crippen LogP contribution in [0, 0.1) is 0 Å². The summed E-state index contributed by atoms with van der Waals surface area (Å²) in [6, 6.07) is 8.17. The van der Waals surface area contributed by atoms with Crippen LogP contribution < -0.4 is 5.32 Å². The first kappa shape index (κ1) is 13.3. The maximum atomic E-state index is 4.68. The molecule has 20 heavy (non-hydrogen) atoms. The maximum absolute atomic E-state index is 4.68. The van der Waals surface area contributed by atoms with Crippen molar-refractivity contribution >= 4 is 22.4 Å². The summed E-state index contributed by atoms with van der Waals surface area (Å²) >= 11 is 1.69. The van der Waals surface area contributed by atoms with E-state index in [0.717, 1.165) is 47.1 Å². The van der Waals surface area contributed by atoms with Gasteiger partial charge in [-0.25, -0.2) is 9.97 Å². The minimum Gasteiger partial charge on any atom is -0.326 e. The highest BCUT2D eigenvalue weighted by Gasteiger charge is 2.12. The molecule has 0 bridgehead atoms. The molecule has 5 heteroatoms. The van der Waals surface area contributed by atoms with Gasteiger partial charge in [0.25, 0.3) is 0 Å². The molecule has 2 aromatic heterocycles. The predicted molar refractivity (Wildman–Crippen MR) is 83.8 cm³/mol. The van der Waals surface area contributed by atoms with Gasteiger partial charge in [-0.05, 0) is 25.1 Å². The molecule has 1 aromatic carbocycles. The molecule has 0 aliphatic heterocycles. The molecule has 0 aliphatic carbocycles. The standard InChI is InChI=1S/C15H18N4S/c1-3-8-16-9-14-17-12(10-20-14)15-18-11-6-4-5-7-13(11)19(15)2/h4-7,10,16H,3,8-9H2,1-2H3. The van der Waals surface area contributed by atoms with Crippen LogP contribution in [0.25, 0.3) is 22.6 Å². The minimum atomic E-state index is 0.836. The van der Waals surface area contributed by atoms with Gasteiger partial charge in [-0.15, -0.1) is 11.3 Å². The Morgan fingerprint density at radius 2 is 2.10 bits per heavy atom. The van der Waals surface area contributed by atoms with Crippen molar-refractivity contribution in [1.29, 1.82) is 0 Å². The molecule has 0 saturated heterocycles. The molecule has 0 radical (unpaired) electrons. The predicted octanol–water partition coefficient (Wildman–Crippen LogP) is 3.20. The van der Waals surface area contributed by atoms with Crippen LogP contribution >= 0.6 is 11.3 Å². The number of thiazole rings is 1. The smallest absolute Gasteiger partial charge is 0.160 e. The average molecular weight is 286 g/mol. The summed E-state index contributed by atoms with van der Waals surface area (Å²) in [7, 11) is 2.04. The number of imidazole rings is 1. The number of fused-ring (bicyclic) bond motifs is 1. The first-order chi connectivity index (χ1) is 9.79. The third kappa shape index (κ3) is 2.46. The maximum Gasteiger partial charge on any atom is 0.160 e. The Morgan fingerprint density at radius 3 is 2.90 bits per heavy atom. The van der Waals surface area contributed by atoms with Crippen molar-refractivity contribution in [3.63, 3.8) is 0 Å². The van der Waals surface area contributed by atoms with Gasteiger partial charge in [0.15, 0.2) is 5.82 Å². The van der Waals surface area contributed by atoms with Gasteiger partial charge in [0, 0.05) is 19.0 Å². The zero-order chi connectivity index (χ0) is 13.9. The van der Waals surface area contributed by atoms with Gasteiger partial charge in [-0.1, -0.05) is 19.1 Å². The van der Waals surface area contributed by atoms with Crippen LogP contribution in [0.1, 0.15) is 18.4 Å². The van der Waals surface area contributed by atoms with Crippen LogP contribution in [0.2, 0.25) is 0 Å². The van der Waals surface area contributed by atoms with Gasteiger partial charge in [-0.3, -0.25) is 0 Å². The van der Waals surface area contributed by atoms with Crippen LogP contribution in [0.3, 0.4) is 0 Å². The largest absolute Gasteiger partial charge is 0.326 e. The summed E-state index contributed by atoms with van der Waals surface area (Å²) in [6.45, 7) is 4.03. The van der Waals surface area contributed by atoms with E-state index < -0.39 is 0 Å². The van der Waals surface area contributed by atoms with Crippen LogP contribution in [0.4, 0.5) is 0 Å². The molecular weight excluding hydrogens is 268 g/mol. The number of aryl methyl sites for hydroxylation is 1. The average Bonchev–Trinajstić information content (AvgIpc) is 3.05. The van der Waals surface area contributed by atoms with E-state index in [1.165, 1.54) is 0 Å². The monoisotopic (exact) mass is 286 g/mol. The van der Waals surface area contributed by atoms with Crippen molar-refractivity contribution in [2.24, 2.45) is 7.05 Å². The third-order valence-electron chi connectivity index (χ3n) is 3.27. The van der Waals surface area contributed by atoms with E-state index in [2.05, 4.69) is 38.2 Å². The Balaban J connectivity index is 1.89. The molecule has 3 rings (SSSR count). The van der Waals surface area contributed by atoms with Crippen molar-refractivity contribution in [3.05, 3.63) is 34.7 Å². The topological polar surface area (TPSA) is 42.7 Å². The fourth-order valence-corrected chi connectivity index (χ4v) is 2.98. The zero-order valence-electron chi connectivity index (χ0n) is 11.8. The lowest BCUT2D eigenvalue weighted by Crippen LogP contribution is -2.13. The van der Waals surface area contributed by atoms with E-state index >= 15 is 0 Å². The molecule has 2 heterocycles. The molecule has 104 valence electrons. The Morgan fingerprint density at radius 1 is 1.25 bits per heavy atom.